The molecule has 0 saturated carbocycles. The summed E-state index contributed by atoms with van der Waals surface area (Å²) >= 11 is 0. The first-order valence-corrected chi connectivity index (χ1v) is 8.84. The summed E-state index contributed by atoms with van der Waals surface area (Å²) in [4.78, 5) is 29.1. The predicted molar refractivity (Wildman–Crippen MR) is 102 cm³/mol. The van der Waals surface area contributed by atoms with Gasteiger partial charge < -0.3 is 5.32 Å². The van der Waals surface area contributed by atoms with Gasteiger partial charge in [0.15, 0.2) is 5.65 Å². The van der Waals surface area contributed by atoms with Crippen LogP contribution in [0, 0.1) is 12.8 Å². The molecule has 1 amide bonds. The molecule has 136 valence electrons. The van der Waals surface area contributed by atoms with E-state index in [9.17, 15) is 9.59 Å². The third kappa shape index (κ3) is 3.69. The molecule has 0 fully saturated rings. The van der Waals surface area contributed by atoms with Gasteiger partial charge in [-0.3, -0.25) is 13.9 Å². The van der Waals surface area contributed by atoms with E-state index in [1.54, 1.807) is 15.3 Å². The number of imidazole rings is 1. The summed E-state index contributed by atoms with van der Waals surface area (Å²) in [6.45, 7) is 7.01. The Bertz CT molecular complexity index is 968. The molecule has 2 heterocycles. The first-order valence-electron chi connectivity index (χ1n) is 8.84. The Labute approximate surface area is 152 Å². The third-order valence-corrected chi connectivity index (χ3v) is 4.39. The number of pyridine rings is 1. The molecule has 0 aliphatic heterocycles. The summed E-state index contributed by atoms with van der Waals surface area (Å²) < 4.78 is 3.36. The molecule has 0 unspecified atom stereocenters. The van der Waals surface area contributed by atoms with E-state index in [1.807, 2.05) is 57.2 Å². The lowest BCUT2D eigenvalue weighted by molar-refractivity contribution is -0.124. The molecular formula is C20H24N4O2. The smallest absolute Gasteiger partial charge is 0.330 e. The molecule has 1 N–H and O–H groups in total. The van der Waals surface area contributed by atoms with Crippen molar-refractivity contribution in [2.75, 3.05) is 6.54 Å². The van der Waals surface area contributed by atoms with E-state index in [2.05, 4.69) is 10.3 Å². The lowest BCUT2D eigenvalue weighted by atomic mass is 10.1. The Kier molecular flexibility index (Phi) is 5.21. The van der Waals surface area contributed by atoms with Crippen LogP contribution in [0.2, 0.25) is 0 Å². The topological polar surface area (TPSA) is 68.9 Å². The van der Waals surface area contributed by atoms with E-state index >= 15 is 0 Å². The summed E-state index contributed by atoms with van der Waals surface area (Å²) in [5.74, 6) is -0.0953. The molecule has 0 bridgehead atoms. The minimum absolute atomic E-state index is 0.0191. The van der Waals surface area contributed by atoms with Crippen molar-refractivity contribution < 1.29 is 4.79 Å². The van der Waals surface area contributed by atoms with Crippen LogP contribution in [-0.2, 0) is 17.9 Å². The summed E-state index contributed by atoms with van der Waals surface area (Å²) in [5, 5.41) is 2.85. The average molecular weight is 352 g/mol. The summed E-state index contributed by atoms with van der Waals surface area (Å²) in [6, 6.07) is 11.9. The highest BCUT2D eigenvalue weighted by molar-refractivity contribution is 5.77. The molecule has 3 rings (SSSR count). The van der Waals surface area contributed by atoms with Crippen molar-refractivity contribution in [1.82, 2.24) is 19.4 Å². The number of hydrogen-bond donors (Lipinski definition) is 1. The highest BCUT2D eigenvalue weighted by Crippen LogP contribution is 2.12. The first-order chi connectivity index (χ1) is 12.5. The van der Waals surface area contributed by atoms with Gasteiger partial charge in [-0.25, -0.2) is 9.78 Å². The quantitative estimate of drug-likeness (QED) is 0.740. The van der Waals surface area contributed by atoms with Crippen LogP contribution in [0.15, 0.2) is 47.4 Å². The monoisotopic (exact) mass is 352 g/mol. The summed E-state index contributed by atoms with van der Waals surface area (Å²) in [5.41, 5.74) is 3.58. The highest BCUT2D eigenvalue weighted by Gasteiger charge is 2.14. The zero-order valence-corrected chi connectivity index (χ0v) is 15.4. The van der Waals surface area contributed by atoms with Gasteiger partial charge in [0.25, 0.3) is 0 Å². The maximum atomic E-state index is 12.9. The van der Waals surface area contributed by atoms with Crippen LogP contribution in [0.3, 0.4) is 0 Å². The molecule has 0 radical (unpaired) electrons. The number of benzene rings is 1. The van der Waals surface area contributed by atoms with Gasteiger partial charge in [-0.15, -0.1) is 0 Å². The maximum absolute atomic E-state index is 12.9. The normalized spacial score (nSPS) is 11.2. The van der Waals surface area contributed by atoms with E-state index in [1.165, 1.54) is 5.56 Å². The van der Waals surface area contributed by atoms with E-state index in [-0.39, 0.29) is 17.5 Å². The van der Waals surface area contributed by atoms with Gasteiger partial charge in [0.05, 0.1) is 12.1 Å². The van der Waals surface area contributed by atoms with Crippen molar-refractivity contribution in [3.8, 4) is 0 Å². The van der Waals surface area contributed by atoms with Gasteiger partial charge >= 0.3 is 5.69 Å². The van der Waals surface area contributed by atoms with Gasteiger partial charge in [-0.05, 0) is 24.6 Å². The van der Waals surface area contributed by atoms with Gasteiger partial charge in [-0.2, -0.15) is 0 Å². The van der Waals surface area contributed by atoms with Crippen molar-refractivity contribution >= 4 is 17.1 Å². The van der Waals surface area contributed by atoms with Crippen LogP contribution in [0.1, 0.15) is 25.0 Å². The standard InChI is InChI=1S/C20H24N4O2/c1-14(2)19(25)22-11-12-23-18-17(5-4-10-21-18)24(20(23)26)13-16-8-6-15(3)7-9-16/h4-10,14H,11-13H2,1-3H3,(H,22,25). The van der Waals surface area contributed by atoms with E-state index in [0.29, 0.717) is 25.3 Å². The Morgan fingerprint density at radius 3 is 2.58 bits per heavy atom. The number of carbonyl (C=O) groups is 1. The van der Waals surface area contributed by atoms with Crippen molar-refractivity contribution in [1.29, 1.82) is 0 Å². The molecule has 26 heavy (non-hydrogen) atoms. The largest absolute Gasteiger partial charge is 0.354 e. The van der Waals surface area contributed by atoms with Gasteiger partial charge in [0.2, 0.25) is 5.91 Å². The number of fused-ring (bicyclic) bond motifs is 1. The van der Waals surface area contributed by atoms with E-state index in [0.717, 1.165) is 11.1 Å². The maximum Gasteiger partial charge on any atom is 0.330 e. The fourth-order valence-electron chi connectivity index (χ4n) is 2.87. The lowest BCUT2D eigenvalue weighted by Crippen LogP contribution is -2.33. The second-order valence-electron chi connectivity index (χ2n) is 6.80. The van der Waals surface area contributed by atoms with Crippen molar-refractivity contribution in [2.24, 2.45) is 5.92 Å². The molecular weight excluding hydrogens is 328 g/mol. The molecule has 1 aromatic carbocycles. The molecule has 0 aliphatic rings. The summed E-state index contributed by atoms with van der Waals surface area (Å²) in [7, 11) is 0. The van der Waals surface area contributed by atoms with Crippen LogP contribution in [-0.4, -0.2) is 26.6 Å². The predicted octanol–water partition coefficient (Wildman–Crippen LogP) is 2.33. The van der Waals surface area contributed by atoms with Crippen LogP contribution in [0.5, 0.6) is 0 Å². The minimum atomic E-state index is -0.113. The summed E-state index contributed by atoms with van der Waals surface area (Å²) in [6.07, 6.45) is 1.68. The van der Waals surface area contributed by atoms with Gasteiger partial charge in [0, 0.05) is 25.2 Å². The van der Waals surface area contributed by atoms with Crippen LogP contribution in [0.4, 0.5) is 0 Å². The number of aryl methyl sites for hydroxylation is 1. The van der Waals surface area contributed by atoms with Crippen LogP contribution < -0.4 is 11.0 Å². The van der Waals surface area contributed by atoms with E-state index in [4.69, 9.17) is 0 Å². The highest BCUT2D eigenvalue weighted by atomic mass is 16.2. The first kappa shape index (κ1) is 17.9. The Balaban J connectivity index is 1.90. The number of aromatic nitrogens is 3. The third-order valence-electron chi connectivity index (χ3n) is 4.39. The van der Waals surface area contributed by atoms with Crippen molar-refractivity contribution in [3.05, 3.63) is 64.2 Å². The number of nitrogens with one attached hydrogen (secondary N) is 1. The van der Waals surface area contributed by atoms with Crippen LogP contribution in [0.25, 0.3) is 11.2 Å². The number of amides is 1. The van der Waals surface area contributed by atoms with Crippen LogP contribution >= 0.6 is 0 Å². The minimum Gasteiger partial charge on any atom is -0.354 e. The van der Waals surface area contributed by atoms with Gasteiger partial charge in [0.1, 0.15) is 0 Å². The lowest BCUT2D eigenvalue weighted by Gasteiger charge is -2.08. The molecule has 0 saturated heterocycles. The van der Waals surface area contributed by atoms with E-state index < -0.39 is 0 Å². The molecule has 3 aromatic rings. The zero-order valence-electron chi connectivity index (χ0n) is 15.4. The van der Waals surface area contributed by atoms with Crippen molar-refractivity contribution in [3.63, 3.8) is 0 Å². The molecule has 0 spiro atoms. The zero-order chi connectivity index (χ0) is 18.7. The second-order valence-corrected chi connectivity index (χ2v) is 6.80. The molecule has 6 nitrogen and oxygen atoms in total. The number of nitrogens with zero attached hydrogens (tertiary/aromatic N) is 3. The Hall–Kier alpha value is -2.89. The van der Waals surface area contributed by atoms with Gasteiger partial charge in [-0.1, -0.05) is 43.7 Å². The Morgan fingerprint density at radius 2 is 1.88 bits per heavy atom. The second kappa shape index (κ2) is 7.56. The molecule has 2 aromatic heterocycles. The molecule has 0 atom stereocenters. The number of carbonyl (C=O) groups excluding carboxylic acids is 1. The fourth-order valence-corrected chi connectivity index (χ4v) is 2.87. The average Bonchev–Trinajstić information content (AvgIpc) is 2.89. The SMILES string of the molecule is Cc1ccc(Cn2c(=O)n(CCNC(=O)C(C)C)c3ncccc32)cc1. The molecule has 0 aliphatic carbocycles. The number of rotatable bonds is 6. The number of hydrogen-bond acceptors (Lipinski definition) is 3. The fraction of sp³-hybridized carbons (Fsp3) is 0.350. The molecule has 6 heteroatoms. The Morgan fingerprint density at radius 1 is 1.15 bits per heavy atom. The van der Waals surface area contributed by atoms with Crippen molar-refractivity contribution in [2.45, 2.75) is 33.9 Å².